The molecule has 1 aromatic carbocycles. The van der Waals surface area contributed by atoms with Crippen LogP contribution < -0.4 is 4.74 Å². The summed E-state index contributed by atoms with van der Waals surface area (Å²) in [6.07, 6.45) is 2.39. The lowest BCUT2D eigenvalue weighted by Crippen LogP contribution is -2.45. The Hall–Kier alpha value is -1.81. The van der Waals surface area contributed by atoms with Crippen molar-refractivity contribution in [2.75, 3.05) is 20.2 Å². The first kappa shape index (κ1) is 16.1. The van der Waals surface area contributed by atoms with Gasteiger partial charge in [-0.3, -0.25) is 10.00 Å². The van der Waals surface area contributed by atoms with Crippen molar-refractivity contribution in [1.29, 1.82) is 0 Å². The van der Waals surface area contributed by atoms with Gasteiger partial charge in [0.1, 0.15) is 5.75 Å². The van der Waals surface area contributed by atoms with Crippen molar-refractivity contribution in [1.82, 2.24) is 15.1 Å². The molecule has 0 amide bonds. The van der Waals surface area contributed by atoms with Crippen LogP contribution in [0.25, 0.3) is 11.3 Å². The van der Waals surface area contributed by atoms with Crippen LogP contribution in [-0.2, 0) is 0 Å². The number of rotatable bonds is 3. The van der Waals surface area contributed by atoms with Gasteiger partial charge in [0.05, 0.1) is 12.8 Å². The molecular weight excluding hydrogens is 286 g/mol. The van der Waals surface area contributed by atoms with Gasteiger partial charge in [-0.05, 0) is 77.0 Å². The summed E-state index contributed by atoms with van der Waals surface area (Å²) >= 11 is 0. The Balaban J connectivity index is 1.68. The summed E-state index contributed by atoms with van der Waals surface area (Å²) in [5.74, 6) is 1.46. The zero-order valence-electron chi connectivity index (χ0n) is 14.6. The zero-order chi connectivity index (χ0) is 16.4. The monoisotopic (exact) mass is 313 g/mol. The molecule has 1 fully saturated rings. The van der Waals surface area contributed by atoms with E-state index in [1.807, 2.05) is 12.1 Å². The number of methoxy groups -OCH3 is 1. The highest BCUT2D eigenvalue weighted by molar-refractivity contribution is 5.60. The number of likely N-dealkylation sites (tertiary alicyclic amines) is 1. The molecule has 0 radical (unpaired) electrons. The zero-order valence-corrected chi connectivity index (χ0v) is 14.6. The lowest BCUT2D eigenvalue weighted by Gasteiger charge is -2.40. The number of nitrogens with zero attached hydrogens (tertiary/aromatic N) is 2. The van der Waals surface area contributed by atoms with E-state index in [0.29, 0.717) is 5.92 Å². The number of nitrogens with one attached hydrogen (secondary N) is 1. The third kappa shape index (κ3) is 3.58. The Morgan fingerprint density at radius 2 is 1.78 bits per heavy atom. The predicted molar refractivity (Wildman–Crippen MR) is 93.9 cm³/mol. The van der Waals surface area contributed by atoms with Crippen molar-refractivity contribution < 1.29 is 4.74 Å². The van der Waals surface area contributed by atoms with Crippen molar-refractivity contribution in [2.24, 2.45) is 0 Å². The van der Waals surface area contributed by atoms with E-state index in [1.165, 1.54) is 18.5 Å². The molecule has 3 rings (SSSR count). The number of piperidine rings is 1. The van der Waals surface area contributed by atoms with Gasteiger partial charge < -0.3 is 4.74 Å². The third-order valence-electron chi connectivity index (χ3n) is 4.87. The van der Waals surface area contributed by atoms with Crippen molar-refractivity contribution in [3.63, 3.8) is 0 Å². The molecule has 0 bridgehead atoms. The van der Waals surface area contributed by atoms with E-state index in [9.17, 15) is 0 Å². The topological polar surface area (TPSA) is 41.1 Å². The van der Waals surface area contributed by atoms with Gasteiger partial charge in [-0.1, -0.05) is 0 Å². The Kier molecular flexibility index (Phi) is 4.44. The summed E-state index contributed by atoms with van der Waals surface area (Å²) in [6, 6.07) is 10.3. The molecule has 4 nitrogen and oxygen atoms in total. The minimum atomic E-state index is 0.271. The first-order valence-corrected chi connectivity index (χ1v) is 8.42. The molecule has 4 heteroatoms. The van der Waals surface area contributed by atoms with Crippen LogP contribution in [0.5, 0.6) is 5.75 Å². The van der Waals surface area contributed by atoms with Gasteiger partial charge in [0, 0.05) is 22.7 Å². The van der Waals surface area contributed by atoms with E-state index in [4.69, 9.17) is 4.74 Å². The fourth-order valence-corrected chi connectivity index (χ4v) is 3.32. The Labute approximate surface area is 138 Å². The van der Waals surface area contributed by atoms with Crippen molar-refractivity contribution in [2.45, 2.75) is 45.1 Å². The summed E-state index contributed by atoms with van der Waals surface area (Å²) in [6.45, 7) is 9.21. The van der Waals surface area contributed by atoms with Crippen LogP contribution in [0, 0.1) is 0 Å². The number of H-pyrrole nitrogens is 1. The summed E-state index contributed by atoms with van der Waals surface area (Å²) in [7, 11) is 1.69. The van der Waals surface area contributed by atoms with E-state index < -0.39 is 0 Å². The van der Waals surface area contributed by atoms with Gasteiger partial charge in [0.2, 0.25) is 0 Å². The van der Waals surface area contributed by atoms with E-state index in [2.05, 4.69) is 54.1 Å². The average Bonchev–Trinajstić information content (AvgIpc) is 3.04. The van der Waals surface area contributed by atoms with E-state index in [0.717, 1.165) is 30.1 Å². The fraction of sp³-hybridized carbons (Fsp3) is 0.526. The molecular formula is C19H27N3O. The normalized spacial score (nSPS) is 17.4. The van der Waals surface area contributed by atoms with Crippen LogP contribution in [0.1, 0.15) is 45.2 Å². The molecule has 1 N–H and O–H groups in total. The van der Waals surface area contributed by atoms with Crippen LogP contribution in [0.4, 0.5) is 0 Å². The second kappa shape index (κ2) is 6.36. The highest BCUT2D eigenvalue weighted by Crippen LogP contribution is 2.32. The maximum Gasteiger partial charge on any atom is 0.118 e. The second-order valence-corrected chi connectivity index (χ2v) is 7.37. The van der Waals surface area contributed by atoms with E-state index >= 15 is 0 Å². The molecule has 1 aliphatic rings. The minimum absolute atomic E-state index is 0.271. The molecule has 0 unspecified atom stereocenters. The minimum Gasteiger partial charge on any atom is -0.497 e. The smallest absolute Gasteiger partial charge is 0.118 e. The molecule has 1 aliphatic heterocycles. The first-order valence-electron chi connectivity index (χ1n) is 8.42. The maximum atomic E-state index is 5.21. The number of ether oxygens (including phenoxy) is 1. The van der Waals surface area contributed by atoms with Crippen LogP contribution in [0.15, 0.2) is 30.3 Å². The molecule has 23 heavy (non-hydrogen) atoms. The first-order chi connectivity index (χ1) is 11.0. The van der Waals surface area contributed by atoms with Crippen molar-refractivity contribution in [3.05, 3.63) is 36.0 Å². The molecule has 0 spiro atoms. The quantitative estimate of drug-likeness (QED) is 0.929. The lowest BCUT2D eigenvalue weighted by atomic mass is 9.90. The van der Waals surface area contributed by atoms with Gasteiger partial charge >= 0.3 is 0 Å². The number of benzene rings is 1. The van der Waals surface area contributed by atoms with Crippen LogP contribution >= 0.6 is 0 Å². The highest BCUT2D eigenvalue weighted by atomic mass is 16.5. The lowest BCUT2D eigenvalue weighted by molar-refractivity contribution is 0.101. The third-order valence-corrected chi connectivity index (χ3v) is 4.87. The highest BCUT2D eigenvalue weighted by Gasteiger charge is 2.28. The SMILES string of the molecule is COc1ccc(-c2cc(C3CCN(C(C)(C)C)CC3)[nH]n2)cc1. The molecule has 2 heterocycles. The molecule has 0 saturated carbocycles. The largest absolute Gasteiger partial charge is 0.497 e. The summed E-state index contributed by atoms with van der Waals surface area (Å²) in [5.41, 5.74) is 3.68. The number of aromatic nitrogens is 2. The Bertz CT molecular complexity index is 631. The summed E-state index contributed by atoms with van der Waals surface area (Å²) < 4.78 is 5.21. The van der Waals surface area contributed by atoms with Crippen molar-refractivity contribution >= 4 is 0 Å². The molecule has 0 atom stereocenters. The van der Waals surface area contributed by atoms with Gasteiger partial charge in [-0.2, -0.15) is 5.10 Å². The van der Waals surface area contributed by atoms with Crippen molar-refractivity contribution in [3.8, 4) is 17.0 Å². The van der Waals surface area contributed by atoms with Crippen LogP contribution in [0.3, 0.4) is 0 Å². The predicted octanol–water partition coefficient (Wildman–Crippen LogP) is 4.06. The molecule has 0 aliphatic carbocycles. The van der Waals surface area contributed by atoms with Gasteiger partial charge in [-0.15, -0.1) is 0 Å². The summed E-state index contributed by atoms with van der Waals surface area (Å²) in [4.78, 5) is 2.57. The Morgan fingerprint density at radius 1 is 1.13 bits per heavy atom. The van der Waals surface area contributed by atoms with Gasteiger partial charge in [0.15, 0.2) is 0 Å². The molecule has 124 valence electrons. The molecule has 1 aromatic heterocycles. The number of aromatic amines is 1. The number of hydrogen-bond acceptors (Lipinski definition) is 3. The summed E-state index contributed by atoms with van der Waals surface area (Å²) in [5, 5.41) is 7.76. The Morgan fingerprint density at radius 3 is 2.35 bits per heavy atom. The standard InChI is InChI=1S/C19H27N3O/c1-19(2,3)22-11-9-15(10-12-22)18-13-17(20-21-18)14-5-7-16(23-4)8-6-14/h5-8,13,15H,9-12H2,1-4H3,(H,20,21). The molecule has 2 aromatic rings. The fourth-order valence-electron chi connectivity index (χ4n) is 3.32. The van der Waals surface area contributed by atoms with E-state index in [1.54, 1.807) is 7.11 Å². The van der Waals surface area contributed by atoms with E-state index in [-0.39, 0.29) is 5.54 Å². The van der Waals surface area contributed by atoms with Crippen LogP contribution in [-0.4, -0.2) is 40.8 Å². The maximum absolute atomic E-state index is 5.21. The van der Waals surface area contributed by atoms with Gasteiger partial charge in [-0.25, -0.2) is 0 Å². The molecule has 1 saturated heterocycles. The second-order valence-electron chi connectivity index (χ2n) is 7.37. The number of hydrogen-bond donors (Lipinski definition) is 1. The van der Waals surface area contributed by atoms with Gasteiger partial charge in [0.25, 0.3) is 0 Å². The average molecular weight is 313 g/mol. The van der Waals surface area contributed by atoms with Crippen LogP contribution in [0.2, 0.25) is 0 Å².